The molecule has 1 saturated heterocycles. The van der Waals surface area contributed by atoms with Crippen LogP contribution in [0.25, 0.3) is 11.1 Å². The molecule has 1 unspecified atom stereocenters. The Bertz CT molecular complexity index is 1030. The fraction of sp³-hybridized carbons (Fsp3) is 0.375. The fourth-order valence-corrected chi connectivity index (χ4v) is 5.87. The number of hydrogen-bond donors (Lipinski definition) is 2. The molecule has 2 amide bonds. The van der Waals surface area contributed by atoms with Crippen molar-refractivity contribution in [2.75, 3.05) is 24.8 Å². The van der Waals surface area contributed by atoms with Crippen molar-refractivity contribution in [2.24, 2.45) is 11.8 Å². The minimum absolute atomic E-state index is 0.00372. The lowest BCUT2D eigenvalue weighted by atomic mass is 9.98. The topological polar surface area (TPSA) is 95.9 Å². The summed E-state index contributed by atoms with van der Waals surface area (Å²) in [6.07, 6.45) is 0.167. The van der Waals surface area contributed by atoms with Crippen LogP contribution in [-0.4, -0.2) is 58.8 Å². The van der Waals surface area contributed by atoms with Gasteiger partial charge < -0.3 is 20.1 Å². The summed E-state index contributed by atoms with van der Waals surface area (Å²) in [6, 6.07) is 15.6. The Kier molecular flexibility index (Phi) is 5.55. The first-order valence-corrected chi connectivity index (χ1v) is 11.9. The van der Waals surface area contributed by atoms with Crippen molar-refractivity contribution in [2.45, 2.75) is 18.4 Å². The number of rotatable bonds is 6. The number of carbonyl (C=O) groups is 3. The zero-order valence-electron chi connectivity index (χ0n) is 17.4. The van der Waals surface area contributed by atoms with Gasteiger partial charge in [-0.3, -0.25) is 4.79 Å². The van der Waals surface area contributed by atoms with E-state index >= 15 is 0 Å². The maximum atomic E-state index is 12.6. The molecule has 1 saturated carbocycles. The summed E-state index contributed by atoms with van der Waals surface area (Å²) in [7, 11) is 0. The van der Waals surface area contributed by atoms with Crippen LogP contribution >= 0.6 is 11.8 Å². The van der Waals surface area contributed by atoms with Crippen LogP contribution in [0.2, 0.25) is 0 Å². The Labute approximate surface area is 190 Å². The smallest absolute Gasteiger partial charge is 0.407 e. The molecule has 3 atom stereocenters. The lowest BCUT2D eigenvalue weighted by Crippen LogP contribution is -2.43. The zero-order chi connectivity index (χ0) is 22.2. The highest BCUT2D eigenvalue weighted by molar-refractivity contribution is 7.99. The number of nitrogens with one attached hydrogen (secondary N) is 1. The molecule has 8 heteroatoms. The highest BCUT2D eigenvalue weighted by atomic mass is 32.2. The standard InChI is InChI=1S/C24H24N2O5S/c27-22(26-13-32-12-21(26)23(28)29)19-9-14(19)10-25-24(30)31-11-20-17-7-3-1-5-15(17)16-6-2-4-8-18(16)20/h1-8,14,19-21H,9-13H2,(H,25,30)(H,28,29)/t14-,19-,21?/m0/s1. The third-order valence-corrected chi connectivity index (χ3v) is 7.55. The van der Waals surface area contributed by atoms with E-state index in [0.717, 1.165) is 11.1 Å². The van der Waals surface area contributed by atoms with Crippen LogP contribution in [-0.2, 0) is 14.3 Å². The monoisotopic (exact) mass is 452 g/mol. The lowest BCUT2D eigenvalue weighted by molar-refractivity contribution is -0.148. The first-order chi connectivity index (χ1) is 15.5. The van der Waals surface area contributed by atoms with E-state index in [2.05, 4.69) is 29.6 Å². The molecule has 5 rings (SSSR count). The largest absolute Gasteiger partial charge is 0.480 e. The van der Waals surface area contributed by atoms with E-state index in [1.54, 1.807) is 0 Å². The van der Waals surface area contributed by atoms with Crippen molar-refractivity contribution >= 4 is 29.7 Å². The summed E-state index contributed by atoms with van der Waals surface area (Å²) in [5.74, 6) is -0.425. The van der Waals surface area contributed by atoms with E-state index in [-0.39, 0.29) is 30.3 Å². The summed E-state index contributed by atoms with van der Waals surface area (Å²) >= 11 is 1.46. The number of fused-ring (bicyclic) bond motifs is 3. The molecule has 7 nitrogen and oxygen atoms in total. The van der Waals surface area contributed by atoms with E-state index in [1.807, 2.05) is 24.3 Å². The third kappa shape index (κ3) is 3.83. The van der Waals surface area contributed by atoms with Gasteiger partial charge >= 0.3 is 12.1 Å². The van der Waals surface area contributed by atoms with E-state index in [9.17, 15) is 19.5 Å². The van der Waals surface area contributed by atoms with Crippen molar-refractivity contribution in [3.05, 3.63) is 59.7 Å². The molecule has 2 aromatic rings. The maximum absolute atomic E-state index is 12.6. The molecule has 3 aliphatic rings. The molecular weight excluding hydrogens is 428 g/mol. The second kappa shape index (κ2) is 8.50. The number of carbonyl (C=O) groups excluding carboxylic acids is 2. The summed E-state index contributed by atoms with van der Waals surface area (Å²) in [5.41, 5.74) is 4.67. The van der Waals surface area contributed by atoms with Gasteiger partial charge in [0, 0.05) is 24.1 Å². The van der Waals surface area contributed by atoms with Crippen molar-refractivity contribution < 1.29 is 24.2 Å². The quantitative estimate of drug-likeness (QED) is 0.699. The predicted octanol–water partition coefficient (Wildman–Crippen LogP) is 3.15. The number of carboxylic acids is 1. The molecule has 1 aliphatic heterocycles. The Balaban J connectivity index is 1.12. The second-order valence-electron chi connectivity index (χ2n) is 8.47. The Morgan fingerprint density at radius 3 is 2.38 bits per heavy atom. The first kappa shape index (κ1) is 20.9. The van der Waals surface area contributed by atoms with Crippen LogP contribution in [0.4, 0.5) is 4.79 Å². The van der Waals surface area contributed by atoms with E-state index < -0.39 is 18.1 Å². The summed E-state index contributed by atoms with van der Waals surface area (Å²) in [6.45, 7) is 0.601. The summed E-state index contributed by atoms with van der Waals surface area (Å²) < 4.78 is 5.54. The molecule has 0 spiro atoms. The van der Waals surface area contributed by atoms with Gasteiger partial charge in [-0.25, -0.2) is 9.59 Å². The van der Waals surface area contributed by atoms with Crippen LogP contribution < -0.4 is 5.32 Å². The third-order valence-electron chi connectivity index (χ3n) is 6.54. The van der Waals surface area contributed by atoms with Crippen molar-refractivity contribution in [1.82, 2.24) is 10.2 Å². The first-order valence-electron chi connectivity index (χ1n) is 10.7. The average molecular weight is 453 g/mol. The van der Waals surface area contributed by atoms with Crippen LogP contribution in [0.15, 0.2) is 48.5 Å². The van der Waals surface area contributed by atoms with Gasteiger partial charge in [0.15, 0.2) is 0 Å². The zero-order valence-corrected chi connectivity index (χ0v) is 18.2. The summed E-state index contributed by atoms with van der Waals surface area (Å²) in [5, 5.41) is 12.0. The highest BCUT2D eigenvalue weighted by Crippen LogP contribution is 2.44. The predicted molar refractivity (Wildman–Crippen MR) is 120 cm³/mol. The number of thioether (sulfide) groups is 1. The molecule has 0 radical (unpaired) electrons. The Morgan fingerprint density at radius 2 is 1.72 bits per heavy atom. The molecule has 32 heavy (non-hydrogen) atoms. The Hall–Kier alpha value is -3.00. The van der Waals surface area contributed by atoms with Crippen LogP contribution in [0.3, 0.4) is 0 Å². The average Bonchev–Trinajstić information content (AvgIpc) is 3.27. The van der Waals surface area contributed by atoms with Gasteiger partial charge in [-0.1, -0.05) is 48.5 Å². The number of amides is 2. The Morgan fingerprint density at radius 1 is 1.06 bits per heavy atom. The molecule has 2 N–H and O–H groups in total. The number of alkyl carbamates (subject to hydrolysis) is 1. The van der Waals surface area contributed by atoms with Crippen molar-refractivity contribution in [3.63, 3.8) is 0 Å². The maximum Gasteiger partial charge on any atom is 0.407 e. The normalized spacial score (nSPS) is 23.4. The highest BCUT2D eigenvalue weighted by Gasteiger charge is 2.48. The fourth-order valence-electron chi connectivity index (χ4n) is 4.72. The van der Waals surface area contributed by atoms with Gasteiger partial charge in [0.1, 0.15) is 12.6 Å². The molecule has 0 aromatic heterocycles. The van der Waals surface area contributed by atoms with Gasteiger partial charge in [-0.15, -0.1) is 11.8 Å². The van der Waals surface area contributed by atoms with Gasteiger partial charge in [-0.2, -0.15) is 0 Å². The molecule has 0 bridgehead atoms. The van der Waals surface area contributed by atoms with Crippen molar-refractivity contribution in [3.8, 4) is 11.1 Å². The summed E-state index contributed by atoms with van der Waals surface area (Å²) in [4.78, 5) is 37.7. The van der Waals surface area contributed by atoms with Gasteiger partial charge in [0.25, 0.3) is 0 Å². The minimum atomic E-state index is -0.961. The molecule has 166 valence electrons. The molecule has 2 aromatic carbocycles. The van der Waals surface area contributed by atoms with E-state index in [0.29, 0.717) is 24.6 Å². The number of carboxylic acid groups (broad SMARTS) is 1. The number of aliphatic carboxylic acids is 1. The van der Waals surface area contributed by atoms with Gasteiger partial charge in [0.05, 0.1) is 5.88 Å². The van der Waals surface area contributed by atoms with Crippen molar-refractivity contribution in [1.29, 1.82) is 0 Å². The van der Waals surface area contributed by atoms with Crippen LogP contribution in [0.5, 0.6) is 0 Å². The van der Waals surface area contributed by atoms with Gasteiger partial charge in [0.2, 0.25) is 5.91 Å². The van der Waals surface area contributed by atoms with Gasteiger partial charge in [-0.05, 0) is 34.6 Å². The lowest BCUT2D eigenvalue weighted by Gasteiger charge is -2.20. The van der Waals surface area contributed by atoms with E-state index in [4.69, 9.17) is 4.74 Å². The SMILES string of the molecule is O=C(NC[C@@H]1C[C@@H]1C(=O)N1CSCC1C(=O)O)OCC1c2ccccc2-c2ccccc21. The molecule has 2 aliphatic carbocycles. The van der Waals surface area contributed by atoms with Crippen LogP contribution in [0, 0.1) is 11.8 Å². The number of benzene rings is 2. The number of nitrogens with zero attached hydrogens (tertiary/aromatic N) is 1. The van der Waals surface area contributed by atoms with Crippen LogP contribution in [0.1, 0.15) is 23.5 Å². The number of ether oxygens (including phenoxy) is 1. The van der Waals surface area contributed by atoms with E-state index in [1.165, 1.54) is 27.8 Å². The second-order valence-corrected chi connectivity index (χ2v) is 9.47. The molecular formula is C24H24N2O5S. The molecule has 2 fully saturated rings. The molecule has 1 heterocycles. The number of hydrogen-bond acceptors (Lipinski definition) is 5. The minimum Gasteiger partial charge on any atom is -0.480 e.